The van der Waals surface area contributed by atoms with Crippen LogP contribution in [0.15, 0.2) is 42.5 Å². The van der Waals surface area contributed by atoms with Crippen molar-refractivity contribution in [2.75, 3.05) is 25.6 Å². The summed E-state index contributed by atoms with van der Waals surface area (Å²) >= 11 is 0. The zero-order valence-electron chi connectivity index (χ0n) is 16.0. The van der Waals surface area contributed by atoms with E-state index in [1.807, 2.05) is 32.0 Å². The number of carbonyl (C=O) groups is 1. The number of amides is 2. The molecule has 2 rings (SSSR count). The Balaban J connectivity index is 1.99. The lowest BCUT2D eigenvalue weighted by molar-refractivity contribution is 0.146. The van der Waals surface area contributed by atoms with E-state index in [1.165, 1.54) is 5.56 Å². The minimum atomic E-state index is -0.266. The summed E-state index contributed by atoms with van der Waals surface area (Å²) in [7, 11) is 1.63. The number of benzene rings is 2. The first-order valence-corrected chi connectivity index (χ1v) is 8.92. The maximum Gasteiger partial charge on any atom is 0.319 e. The fourth-order valence-corrected chi connectivity index (χ4v) is 2.57. The summed E-state index contributed by atoms with van der Waals surface area (Å²) in [5.41, 5.74) is 4.05. The molecule has 1 atom stereocenters. The molecule has 0 radical (unpaired) electrons. The van der Waals surface area contributed by atoms with Gasteiger partial charge in [-0.25, -0.2) is 4.79 Å². The number of urea groups is 1. The molecule has 2 aromatic rings. The van der Waals surface area contributed by atoms with Crippen LogP contribution in [-0.4, -0.2) is 26.4 Å². The molecule has 0 spiro atoms. The molecule has 0 heterocycles. The van der Waals surface area contributed by atoms with Gasteiger partial charge in [0.1, 0.15) is 12.4 Å². The molecule has 2 aromatic carbocycles. The Hall–Kier alpha value is -2.53. The lowest BCUT2D eigenvalue weighted by atomic mass is 10.1. The van der Waals surface area contributed by atoms with Crippen molar-refractivity contribution in [1.82, 2.24) is 5.32 Å². The molecule has 0 saturated carbocycles. The quantitative estimate of drug-likeness (QED) is 0.686. The monoisotopic (exact) mass is 356 g/mol. The predicted octanol–water partition coefficient (Wildman–Crippen LogP) is 4.47. The Morgan fingerprint density at radius 1 is 1.12 bits per heavy atom. The molecule has 0 fully saturated rings. The van der Waals surface area contributed by atoms with Crippen molar-refractivity contribution in [2.45, 2.75) is 33.2 Å². The van der Waals surface area contributed by atoms with Crippen LogP contribution in [0, 0.1) is 6.92 Å². The second kappa shape index (κ2) is 9.82. The van der Waals surface area contributed by atoms with Crippen LogP contribution >= 0.6 is 0 Å². The number of ether oxygens (including phenoxy) is 2. The largest absolute Gasteiger partial charge is 0.489 e. The summed E-state index contributed by atoms with van der Waals surface area (Å²) < 4.78 is 10.7. The van der Waals surface area contributed by atoms with Crippen LogP contribution in [0.4, 0.5) is 10.5 Å². The standard InChI is InChI=1S/C21H28N2O3/c1-5-17-7-9-18(10-8-17)16(3)22-21(24)23-19-11-6-15(2)14-20(19)26-13-12-25-4/h6-11,14,16H,5,12-13H2,1-4H3,(H2,22,23,24). The molecule has 0 saturated heterocycles. The highest BCUT2D eigenvalue weighted by Crippen LogP contribution is 2.26. The third kappa shape index (κ3) is 5.77. The van der Waals surface area contributed by atoms with Gasteiger partial charge in [0.15, 0.2) is 0 Å². The van der Waals surface area contributed by atoms with Crippen LogP contribution < -0.4 is 15.4 Å². The highest BCUT2D eigenvalue weighted by Gasteiger charge is 2.12. The van der Waals surface area contributed by atoms with Gasteiger partial charge < -0.3 is 20.1 Å². The van der Waals surface area contributed by atoms with Crippen molar-refractivity contribution < 1.29 is 14.3 Å². The summed E-state index contributed by atoms with van der Waals surface area (Å²) in [6, 6.07) is 13.6. The number of rotatable bonds is 8. The third-order valence-corrected chi connectivity index (χ3v) is 4.17. The highest BCUT2D eigenvalue weighted by molar-refractivity contribution is 5.91. The molecule has 0 aliphatic carbocycles. The van der Waals surface area contributed by atoms with Crippen LogP contribution in [-0.2, 0) is 11.2 Å². The van der Waals surface area contributed by atoms with Crippen molar-refractivity contribution in [3.63, 3.8) is 0 Å². The topological polar surface area (TPSA) is 59.6 Å². The van der Waals surface area contributed by atoms with Crippen LogP contribution in [0.3, 0.4) is 0 Å². The van der Waals surface area contributed by atoms with Gasteiger partial charge in [-0.2, -0.15) is 0 Å². The van der Waals surface area contributed by atoms with Gasteiger partial charge in [-0.15, -0.1) is 0 Å². The van der Waals surface area contributed by atoms with Crippen molar-refractivity contribution in [3.05, 3.63) is 59.2 Å². The summed E-state index contributed by atoms with van der Waals surface area (Å²) in [4.78, 5) is 12.4. The minimum Gasteiger partial charge on any atom is -0.489 e. The first-order valence-electron chi connectivity index (χ1n) is 8.92. The van der Waals surface area contributed by atoms with Gasteiger partial charge in [-0.3, -0.25) is 0 Å². The molecule has 0 aliphatic rings. The van der Waals surface area contributed by atoms with Crippen LogP contribution in [0.2, 0.25) is 0 Å². The zero-order valence-corrected chi connectivity index (χ0v) is 16.0. The number of anilines is 1. The number of carbonyl (C=O) groups excluding carboxylic acids is 1. The molecular formula is C21H28N2O3. The molecule has 140 valence electrons. The van der Waals surface area contributed by atoms with Gasteiger partial charge in [0.05, 0.1) is 18.3 Å². The van der Waals surface area contributed by atoms with E-state index in [0.29, 0.717) is 24.7 Å². The second-order valence-corrected chi connectivity index (χ2v) is 6.26. The fraction of sp³-hybridized carbons (Fsp3) is 0.381. The molecular weight excluding hydrogens is 328 g/mol. The van der Waals surface area contributed by atoms with E-state index in [1.54, 1.807) is 7.11 Å². The molecule has 5 heteroatoms. The molecule has 0 aromatic heterocycles. The van der Waals surface area contributed by atoms with Gasteiger partial charge in [0, 0.05) is 7.11 Å². The number of nitrogens with one attached hydrogen (secondary N) is 2. The van der Waals surface area contributed by atoms with Gasteiger partial charge >= 0.3 is 6.03 Å². The Kier molecular flexibility index (Phi) is 7.48. The van der Waals surface area contributed by atoms with Crippen molar-refractivity contribution in [1.29, 1.82) is 0 Å². The molecule has 26 heavy (non-hydrogen) atoms. The normalized spacial score (nSPS) is 11.7. The number of hydrogen-bond donors (Lipinski definition) is 2. The predicted molar refractivity (Wildman–Crippen MR) is 105 cm³/mol. The molecule has 2 amide bonds. The Labute approximate surface area is 155 Å². The van der Waals surface area contributed by atoms with Crippen LogP contribution in [0.25, 0.3) is 0 Å². The molecule has 5 nitrogen and oxygen atoms in total. The number of aryl methyl sites for hydroxylation is 2. The van der Waals surface area contributed by atoms with Crippen LogP contribution in [0.1, 0.15) is 36.6 Å². The Bertz CT molecular complexity index is 714. The van der Waals surface area contributed by atoms with E-state index >= 15 is 0 Å². The van der Waals surface area contributed by atoms with Gasteiger partial charge in [0.25, 0.3) is 0 Å². The van der Waals surface area contributed by atoms with Crippen molar-refractivity contribution in [2.24, 2.45) is 0 Å². The fourth-order valence-electron chi connectivity index (χ4n) is 2.57. The smallest absolute Gasteiger partial charge is 0.319 e. The molecule has 2 N–H and O–H groups in total. The average molecular weight is 356 g/mol. The summed E-state index contributed by atoms with van der Waals surface area (Å²) in [6.45, 7) is 6.99. The Morgan fingerprint density at radius 2 is 1.85 bits per heavy atom. The Morgan fingerprint density at radius 3 is 2.50 bits per heavy atom. The summed E-state index contributed by atoms with van der Waals surface area (Å²) in [6.07, 6.45) is 1.00. The van der Waals surface area contributed by atoms with Gasteiger partial charge in [-0.1, -0.05) is 37.3 Å². The highest BCUT2D eigenvalue weighted by atomic mass is 16.5. The van der Waals surface area contributed by atoms with E-state index in [9.17, 15) is 4.79 Å². The summed E-state index contributed by atoms with van der Waals surface area (Å²) in [5, 5.41) is 5.83. The van der Waals surface area contributed by atoms with Crippen molar-refractivity contribution in [3.8, 4) is 5.75 Å². The van der Waals surface area contributed by atoms with E-state index in [-0.39, 0.29) is 12.1 Å². The third-order valence-electron chi connectivity index (χ3n) is 4.17. The maximum absolute atomic E-state index is 12.4. The van der Waals surface area contributed by atoms with E-state index in [4.69, 9.17) is 9.47 Å². The SMILES string of the molecule is CCc1ccc(C(C)NC(=O)Nc2ccc(C)cc2OCCOC)cc1. The van der Waals surface area contributed by atoms with E-state index in [2.05, 4.69) is 41.8 Å². The van der Waals surface area contributed by atoms with Gasteiger partial charge in [-0.05, 0) is 49.1 Å². The zero-order chi connectivity index (χ0) is 18.9. The molecule has 1 unspecified atom stereocenters. The first kappa shape index (κ1) is 19.8. The molecule has 0 bridgehead atoms. The van der Waals surface area contributed by atoms with Gasteiger partial charge in [0.2, 0.25) is 0 Å². The lowest BCUT2D eigenvalue weighted by Crippen LogP contribution is -2.31. The minimum absolute atomic E-state index is 0.0933. The summed E-state index contributed by atoms with van der Waals surface area (Å²) in [5.74, 6) is 0.636. The number of methoxy groups -OCH3 is 1. The first-order chi connectivity index (χ1) is 12.5. The number of hydrogen-bond acceptors (Lipinski definition) is 3. The van der Waals surface area contributed by atoms with E-state index < -0.39 is 0 Å². The lowest BCUT2D eigenvalue weighted by Gasteiger charge is -2.17. The molecule has 0 aliphatic heterocycles. The van der Waals surface area contributed by atoms with E-state index in [0.717, 1.165) is 17.5 Å². The van der Waals surface area contributed by atoms with Crippen LogP contribution in [0.5, 0.6) is 5.75 Å². The maximum atomic E-state index is 12.4. The second-order valence-electron chi connectivity index (χ2n) is 6.26. The average Bonchev–Trinajstić information content (AvgIpc) is 2.64. The van der Waals surface area contributed by atoms with Crippen molar-refractivity contribution >= 4 is 11.7 Å².